The van der Waals surface area contributed by atoms with Gasteiger partial charge in [0.05, 0.1) is 43.3 Å². The number of halogens is 2. The van der Waals surface area contributed by atoms with Gasteiger partial charge in [0.1, 0.15) is 6.67 Å². The van der Waals surface area contributed by atoms with Gasteiger partial charge in [-0.2, -0.15) is 0 Å². The molecular formula is C22H32ClFN2O6. The molecule has 10 heteroatoms. The van der Waals surface area contributed by atoms with Crippen LogP contribution in [0.25, 0.3) is 0 Å². The standard InChI is InChI=1S/C22H32ClFN2O6/c1-3-22(20(29)30)17(13-32-11-10-31-9-8-25)26-16(12-24)21(2,19(27)28)18(22)14-6-4-5-7-15(14)23/h4-7,16-18,26H,3,8-13,25H2,1-2H3,(H,27,28)(H,29,30). The topological polar surface area (TPSA) is 131 Å². The molecule has 0 spiro atoms. The number of hydrogen-bond donors (Lipinski definition) is 4. The Kier molecular flexibility index (Phi) is 9.41. The third-order valence-corrected chi connectivity index (χ3v) is 6.94. The summed E-state index contributed by atoms with van der Waals surface area (Å²) in [6.07, 6.45) is 0.0742. The lowest BCUT2D eigenvalue weighted by atomic mass is 9.51. The third kappa shape index (κ3) is 4.77. The van der Waals surface area contributed by atoms with Gasteiger partial charge in [0.15, 0.2) is 0 Å². The van der Waals surface area contributed by atoms with E-state index in [1.807, 2.05) is 0 Å². The maximum Gasteiger partial charge on any atom is 0.311 e. The normalized spacial score (nSPS) is 30.2. The van der Waals surface area contributed by atoms with Crippen molar-refractivity contribution >= 4 is 23.5 Å². The summed E-state index contributed by atoms with van der Waals surface area (Å²) in [4.78, 5) is 25.4. The zero-order valence-electron chi connectivity index (χ0n) is 18.4. The highest BCUT2D eigenvalue weighted by Gasteiger charge is 2.66. The first kappa shape index (κ1) is 26.5. The molecule has 1 saturated heterocycles. The number of nitrogens with two attached hydrogens (primary N) is 1. The number of hydrogen-bond acceptors (Lipinski definition) is 6. The largest absolute Gasteiger partial charge is 0.481 e. The molecular weight excluding hydrogens is 443 g/mol. The number of carbonyl (C=O) groups is 2. The van der Waals surface area contributed by atoms with Crippen LogP contribution in [0.2, 0.25) is 5.02 Å². The molecule has 5 N–H and O–H groups in total. The Labute approximate surface area is 192 Å². The lowest BCUT2D eigenvalue weighted by Crippen LogP contribution is -2.71. The molecule has 1 aliphatic heterocycles. The van der Waals surface area contributed by atoms with Gasteiger partial charge in [0.2, 0.25) is 0 Å². The van der Waals surface area contributed by atoms with Crippen molar-refractivity contribution in [2.45, 2.75) is 38.3 Å². The van der Waals surface area contributed by atoms with Crippen molar-refractivity contribution in [2.75, 3.05) is 39.6 Å². The summed E-state index contributed by atoms with van der Waals surface area (Å²) in [5.41, 5.74) is 2.33. The van der Waals surface area contributed by atoms with Gasteiger partial charge in [0, 0.05) is 23.5 Å². The molecule has 5 unspecified atom stereocenters. The zero-order chi connectivity index (χ0) is 23.9. The van der Waals surface area contributed by atoms with E-state index in [1.54, 1.807) is 31.2 Å². The molecule has 1 heterocycles. The number of carboxylic acids is 2. The SMILES string of the molecule is CCC1(C(=O)O)C(COCCOCCN)NC(CF)C(C)(C(=O)O)C1c1ccccc1Cl. The smallest absolute Gasteiger partial charge is 0.311 e. The highest BCUT2D eigenvalue weighted by atomic mass is 35.5. The van der Waals surface area contributed by atoms with Crippen LogP contribution in [-0.4, -0.2) is 73.9 Å². The Morgan fingerprint density at radius 2 is 1.81 bits per heavy atom. The molecule has 180 valence electrons. The van der Waals surface area contributed by atoms with Crippen molar-refractivity contribution in [1.82, 2.24) is 5.32 Å². The summed E-state index contributed by atoms with van der Waals surface area (Å²) in [7, 11) is 0. The van der Waals surface area contributed by atoms with E-state index >= 15 is 0 Å². The quantitative estimate of drug-likeness (QED) is 0.339. The lowest BCUT2D eigenvalue weighted by Gasteiger charge is -2.56. The fraction of sp³-hybridized carbons (Fsp3) is 0.636. The molecule has 0 aromatic heterocycles. The lowest BCUT2D eigenvalue weighted by molar-refractivity contribution is -0.175. The van der Waals surface area contributed by atoms with E-state index in [-0.39, 0.29) is 31.3 Å². The van der Waals surface area contributed by atoms with Gasteiger partial charge >= 0.3 is 11.9 Å². The molecule has 0 amide bonds. The van der Waals surface area contributed by atoms with Crippen LogP contribution in [0, 0.1) is 10.8 Å². The monoisotopic (exact) mass is 474 g/mol. The van der Waals surface area contributed by atoms with Crippen LogP contribution < -0.4 is 11.1 Å². The van der Waals surface area contributed by atoms with Crippen LogP contribution in [0.5, 0.6) is 0 Å². The Hall–Kier alpha value is -1.78. The predicted molar refractivity (Wildman–Crippen MR) is 118 cm³/mol. The van der Waals surface area contributed by atoms with Crippen molar-refractivity contribution in [1.29, 1.82) is 0 Å². The first-order valence-electron chi connectivity index (χ1n) is 10.6. The van der Waals surface area contributed by atoms with Crippen LogP contribution in [0.15, 0.2) is 24.3 Å². The molecule has 1 aromatic rings. The van der Waals surface area contributed by atoms with Crippen molar-refractivity contribution in [3.63, 3.8) is 0 Å². The fourth-order valence-corrected chi connectivity index (χ4v) is 5.11. The molecule has 1 aliphatic rings. The summed E-state index contributed by atoms with van der Waals surface area (Å²) in [5, 5.41) is 23.9. The number of ether oxygens (including phenoxy) is 2. The molecule has 2 rings (SSSR count). The van der Waals surface area contributed by atoms with E-state index in [9.17, 15) is 24.2 Å². The highest BCUT2D eigenvalue weighted by Crippen LogP contribution is 2.58. The number of benzene rings is 1. The first-order chi connectivity index (χ1) is 15.2. The van der Waals surface area contributed by atoms with E-state index in [0.717, 1.165) is 0 Å². The molecule has 32 heavy (non-hydrogen) atoms. The molecule has 0 bridgehead atoms. The second-order valence-electron chi connectivity index (χ2n) is 8.14. The second kappa shape index (κ2) is 11.4. The van der Waals surface area contributed by atoms with E-state index in [2.05, 4.69) is 5.32 Å². The van der Waals surface area contributed by atoms with Crippen molar-refractivity contribution in [3.05, 3.63) is 34.9 Å². The Balaban J connectivity index is 2.57. The van der Waals surface area contributed by atoms with Crippen molar-refractivity contribution < 1.29 is 33.7 Å². The summed E-state index contributed by atoms with van der Waals surface area (Å²) in [6, 6.07) is 4.51. The van der Waals surface area contributed by atoms with Crippen LogP contribution >= 0.6 is 11.6 Å². The number of carboxylic acid groups (broad SMARTS) is 2. The van der Waals surface area contributed by atoms with Gasteiger partial charge in [-0.3, -0.25) is 9.59 Å². The average molecular weight is 475 g/mol. The molecule has 0 aliphatic carbocycles. The van der Waals surface area contributed by atoms with Crippen LogP contribution in [0.4, 0.5) is 4.39 Å². The van der Waals surface area contributed by atoms with Gasteiger partial charge in [-0.25, -0.2) is 4.39 Å². The van der Waals surface area contributed by atoms with Gasteiger partial charge in [0.25, 0.3) is 0 Å². The summed E-state index contributed by atoms with van der Waals surface area (Å²) < 4.78 is 25.1. The Bertz CT molecular complexity index is 799. The van der Waals surface area contributed by atoms with E-state index < -0.39 is 47.4 Å². The fourth-order valence-electron chi connectivity index (χ4n) is 4.86. The van der Waals surface area contributed by atoms with Crippen LogP contribution in [0.1, 0.15) is 31.7 Å². The average Bonchev–Trinajstić information content (AvgIpc) is 2.76. The summed E-state index contributed by atoms with van der Waals surface area (Å²) in [6.45, 7) is 3.18. The number of piperidine rings is 1. The van der Waals surface area contributed by atoms with Gasteiger partial charge in [-0.05, 0) is 25.0 Å². The van der Waals surface area contributed by atoms with E-state index in [1.165, 1.54) is 6.92 Å². The second-order valence-corrected chi connectivity index (χ2v) is 8.55. The Morgan fingerprint density at radius 3 is 2.34 bits per heavy atom. The summed E-state index contributed by atoms with van der Waals surface area (Å²) >= 11 is 6.43. The molecule has 1 fully saturated rings. The van der Waals surface area contributed by atoms with Crippen molar-refractivity contribution in [3.8, 4) is 0 Å². The number of aliphatic carboxylic acids is 2. The van der Waals surface area contributed by atoms with Gasteiger partial charge in [-0.1, -0.05) is 36.7 Å². The molecule has 5 atom stereocenters. The number of nitrogens with one attached hydrogen (secondary N) is 1. The van der Waals surface area contributed by atoms with Gasteiger partial charge < -0.3 is 30.7 Å². The Morgan fingerprint density at radius 1 is 1.16 bits per heavy atom. The van der Waals surface area contributed by atoms with Gasteiger partial charge in [-0.15, -0.1) is 0 Å². The minimum Gasteiger partial charge on any atom is -0.481 e. The van der Waals surface area contributed by atoms with Crippen molar-refractivity contribution in [2.24, 2.45) is 16.6 Å². The third-order valence-electron chi connectivity index (χ3n) is 6.60. The first-order valence-corrected chi connectivity index (χ1v) is 11.0. The molecule has 1 aromatic carbocycles. The predicted octanol–water partition coefficient (Wildman–Crippen LogP) is 2.30. The maximum absolute atomic E-state index is 14.2. The van der Waals surface area contributed by atoms with Crippen LogP contribution in [-0.2, 0) is 19.1 Å². The zero-order valence-corrected chi connectivity index (χ0v) is 19.1. The maximum atomic E-state index is 14.2. The van der Waals surface area contributed by atoms with E-state index in [4.69, 9.17) is 26.8 Å². The minimum atomic E-state index is -1.78. The molecule has 8 nitrogen and oxygen atoms in total. The minimum absolute atomic E-state index is 0.0702. The molecule has 0 saturated carbocycles. The van der Waals surface area contributed by atoms with Crippen LogP contribution in [0.3, 0.4) is 0 Å². The highest BCUT2D eigenvalue weighted by molar-refractivity contribution is 6.31. The number of alkyl halides is 1. The molecule has 0 radical (unpaired) electrons. The van der Waals surface area contributed by atoms with E-state index in [0.29, 0.717) is 18.7 Å². The summed E-state index contributed by atoms with van der Waals surface area (Å²) in [5.74, 6) is -3.62. The number of rotatable bonds is 12.